The molecule has 0 aromatic heterocycles. The number of nitrogens with one attached hydrogen (secondary N) is 2. The molecule has 2 aliphatic heterocycles. The Morgan fingerprint density at radius 3 is 2.71 bits per heavy atom. The molecule has 130 valence electrons. The quantitative estimate of drug-likeness (QED) is 0.624. The highest BCUT2D eigenvalue weighted by atomic mass is 16.5. The minimum Gasteiger partial charge on any atom is -0.373 e. The number of hydrogen-bond acceptors (Lipinski definition) is 2. The number of aliphatic imine (C=N–C) groups is 1. The van der Waals surface area contributed by atoms with E-state index in [0.717, 1.165) is 31.9 Å². The van der Waals surface area contributed by atoms with Crippen LogP contribution in [-0.2, 0) is 11.2 Å². The fourth-order valence-corrected chi connectivity index (χ4v) is 4.13. The standard InChI is InChI=1S/C20H29N3O/c1-2-21-19(23-17-12-16-8-9-18(17)24-16)22-14-20(10-11-20)13-15-6-4-3-5-7-15/h3-7,16-18H,2,8-14H2,1H3,(H2,21,22,23). The number of hydrogen-bond donors (Lipinski definition) is 2. The van der Waals surface area contributed by atoms with Crippen LogP contribution in [0.4, 0.5) is 0 Å². The first-order valence-corrected chi connectivity index (χ1v) is 9.51. The molecule has 0 radical (unpaired) electrons. The summed E-state index contributed by atoms with van der Waals surface area (Å²) in [4.78, 5) is 4.93. The first-order valence-electron chi connectivity index (χ1n) is 9.51. The third-order valence-electron chi connectivity index (χ3n) is 5.72. The van der Waals surface area contributed by atoms with E-state index in [1.165, 1.54) is 31.2 Å². The second-order valence-electron chi connectivity index (χ2n) is 7.72. The molecule has 3 aliphatic rings. The predicted octanol–water partition coefficient (Wildman–Crippen LogP) is 2.88. The van der Waals surface area contributed by atoms with Crippen LogP contribution in [0, 0.1) is 5.41 Å². The van der Waals surface area contributed by atoms with Crippen LogP contribution in [0.3, 0.4) is 0 Å². The van der Waals surface area contributed by atoms with Gasteiger partial charge in [-0.1, -0.05) is 30.3 Å². The molecule has 4 heteroatoms. The Kier molecular flexibility index (Phi) is 4.49. The minimum absolute atomic E-state index is 0.384. The van der Waals surface area contributed by atoms with E-state index >= 15 is 0 Å². The Hall–Kier alpha value is -1.55. The summed E-state index contributed by atoms with van der Waals surface area (Å²) < 4.78 is 5.96. The lowest BCUT2D eigenvalue weighted by Crippen LogP contribution is -2.47. The van der Waals surface area contributed by atoms with Crippen molar-refractivity contribution in [2.45, 2.75) is 63.7 Å². The Labute approximate surface area is 145 Å². The molecule has 2 saturated heterocycles. The Morgan fingerprint density at radius 1 is 1.25 bits per heavy atom. The molecule has 0 amide bonds. The zero-order valence-corrected chi connectivity index (χ0v) is 14.6. The van der Waals surface area contributed by atoms with Gasteiger partial charge in [-0.05, 0) is 56.4 Å². The molecule has 1 aromatic rings. The lowest BCUT2D eigenvalue weighted by molar-refractivity contribution is 0.0992. The van der Waals surface area contributed by atoms with Crippen molar-refractivity contribution in [1.82, 2.24) is 10.6 Å². The largest absolute Gasteiger partial charge is 0.373 e. The van der Waals surface area contributed by atoms with Gasteiger partial charge in [-0.25, -0.2) is 0 Å². The van der Waals surface area contributed by atoms with E-state index in [2.05, 4.69) is 47.9 Å². The van der Waals surface area contributed by atoms with Gasteiger partial charge >= 0.3 is 0 Å². The lowest BCUT2D eigenvalue weighted by atomic mass is 9.95. The van der Waals surface area contributed by atoms with Gasteiger partial charge in [-0.3, -0.25) is 4.99 Å². The highest BCUT2D eigenvalue weighted by Crippen LogP contribution is 2.48. The number of benzene rings is 1. The van der Waals surface area contributed by atoms with Crippen molar-refractivity contribution in [2.75, 3.05) is 13.1 Å². The van der Waals surface area contributed by atoms with Crippen molar-refractivity contribution in [1.29, 1.82) is 0 Å². The van der Waals surface area contributed by atoms with E-state index in [1.807, 2.05) is 0 Å². The van der Waals surface area contributed by atoms with Gasteiger partial charge in [0.25, 0.3) is 0 Å². The molecule has 1 aromatic carbocycles. The average Bonchev–Trinajstić information content (AvgIpc) is 3.03. The summed E-state index contributed by atoms with van der Waals surface area (Å²) in [6, 6.07) is 11.3. The van der Waals surface area contributed by atoms with Crippen molar-refractivity contribution in [3.63, 3.8) is 0 Å². The highest BCUT2D eigenvalue weighted by molar-refractivity contribution is 5.80. The maximum atomic E-state index is 5.96. The number of fused-ring (bicyclic) bond motifs is 2. The Balaban J connectivity index is 1.36. The third kappa shape index (κ3) is 3.59. The summed E-state index contributed by atoms with van der Waals surface area (Å²) in [5.74, 6) is 0.970. The highest BCUT2D eigenvalue weighted by Gasteiger charge is 2.43. The van der Waals surface area contributed by atoms with E-state index in [4.69, 9.17) is 9.73 Å². The van der Waals surface area contributed by atoms with Crippen LogP contribution >= 0.6 is 0 Å². The lowest BCUT2D eigenvalue weighted by Gasteiger charge is -2.23. The van der Waals surface area contributed by atoms with Gasteiger partial charge in [-0.15, -0.1) is 0 Å². The molecule has 2 N–H and O–H groups in total. The van der Waals surface area contributed by atoms with Crippen molar-refractivity contribution < 1.29 is 4.74 Å². The van der Waals surface area contributed by atoms with Crippen molar-refractivity contribution in [3.8, 4) is 0 Å². The summed E-state index contributed by atoms with van der Waals surface area (Å²) in [6.07, 6.45) is 8.15. The van der Waals surface area contributed by atoms with Crippen molar-refractivity contribution >= 4 is 5.96 Å². The molecule has 0 spiro atoms. The van der Waals surface area contributed by atoms with Crippen LogP contribution in [-0.4, -0.2) is 37.3 Å². The summed E-state index contributed by atoms with van der Waals surface area (Å²) in [6.45, 7) is 3.95. The zero-order chi connectivity index (χ0) is 16.4. The zero-order valence-electron chi connectivity index (χ0n) is 14.6. The number of rotatable bonds is 6. The molecule has 3 atom stereocenters. The van der Waals surface area contributed by atoms with Gasteiger partial charge in [-0.2, -0.15) is 0 Å². The minimum atomic E-state index is 0.384. The SMILES string of the molecule is CCNC(=NCC1(Cc2ccccc2)CC1)NC1CC2CCC1O2. The van der Waals surface area contributed by atoms with E-state index in [1.54, 1.807) is 0 Å². The van der Waals surface area contributed by atoms with Crippen LogP contribution < -0.4 is 10.6 Å². The second kappa shape index (κ2) is 6.75. The fourth-order valence-electron chi connectivity index (χ4n) is 4.13. The summed E-state index contributed by atoms with van der Waals surface area (Å²) >= 11 is 0. The first-order chi connectivity index (χ1) is 11.8. The Morgan fingerprint density at radius 2 is 2.08 bits per heavy atom. The van der Waals surface area contributed by atoms with E-state index < -0.39 is 0 Å². The first kappa shape index (κ1) is 15.9. The Bertz CT molecular complexity index is 582. The van der Waals surface area contributed by atoms with Gasteiger partial charge < -0.3 is 15.4 Å². The molecular weight excluding hydrogens is 298 g/mol. The molecule has 3 unspecified atom stereocenters. The predicted molar refractivity (Wildman–Crippen MR) is 97.2 cm³/mol. The molecule has 1 saturated carbocycles. The summed E-state index contributed by atoms with van der Waals surface area (Å²) in [5, 5.41) is 7.04. The smallest absolute Gasteiger partial charge is 0.191 e. The fraction of sp³-hybridized carbons (Fsp3) is 0.650. The molecule has 1 aliphatic carbocycles. The maximum absolute atomic E-state index is 5.96. The average molecular weight is 327 g/mol. The summed E-state index contributed by atoms with van der Waals surface area (Å²) in [5.41, 5.74) is 1.82. The number of guanidine groups is 1. The number of ether oxygens (including phenoxy) is 1. The topological polar surface area (TPSA) is 45.7 Å². The maximum Gasteiger partial charge on any atom is 0.191 e. The van der Waals surface area contributed by atoms with Crippen LogP contribution in [0.15, 0.2) is 35.3 Å². The van der Waals surface area contributed by atoms with Crippen LogP contribution in [0.25, 0.3) is 0 Å². The molecule has 3 fully saturated rings. The molecule has 4 rings (SSSR count). The summed E-state index contributed by atoms with van der Waals surface area (Å²) in [7, 11) is 0. The van der Waals surface area contributed by atoms with Gasteiger partial charge in [0.1, 0.15) is 0 Å². The molecule has 24 heavy (non-hydrogen) atoms. The van der Waals surface area contributed by atoms with E-state index in [0.29, 0.717) is 23.7 Å². The van der Waals surface area contributed by atoms with Gasteiger partial charge in [0.15, 0.2) is 5.96 Å². The van der Waals surface area contributed by atoms with Crippen molar-refractivity contribution in [3.05, 3.63) is 35.9 Å². The molecule has 4 nitrogen and oxygen atoms in total. The van der Waals surface area contributed by atoms with Crippen LogP contribution in [0.5, 0.6) is 0 Å². The van der Waals surface area contributed by atoms with E-state index in [-0.39, 0.29) is 0 Å². The van der Waals surface area contributed by atoms with Crippen LogP contribution in [0.2, 0.25) is 0 Å². The monoisotopic (exact) mass is 327 g/mol. The van der Waals surface area contributed by atoms with Gasteiger partial charge in [0, 0.05) is 13.1 Å². The number of nitrogens with zero attached hydrogens (tertiary/aromatic N) is 1. The van der Waals surface area contributed by atoms with Gasteiger partial charge in [0.2, 0.25) is 0 Å². The molecule has 2 heterocycles. The molecule has 2 bridgehead atoms. The second-order valence-corrected chi connectivity index (χ2v) is 7.72. The van der Waals surface area contributed by atoms with Gasteiger partial charge in [0.05, 0.1) is 18.2 Å². The van der Waals surface area contributed by atoms with Crippen LogP contribution in [0.1, 0.15) is 44.6 Å². The third-order valence-corrected chi connectivity index (χ3v) is 5.72. The van der Waals surface area contributed by atoms with E-state index in [9.17, 15) is 0 Å². The normalized spacial score (nSPS) is 30.4. The van der Waals surface area contributed by atoms with Crippen molar-refractivity contribution in [2.24, 2.45) is 10.4 Å². The molecular formula is C20H29N3O.